The zero-order valence-corrected chi connectivity index (χ0v) is 11.0. The largest absolute Gasteiger partial charge is 0.307 e. The van der Waals surface area contributed by atoms with E-state index in [4.69, 9.17) is 0 Å². The van der Waals surface area contributed by atoms with Gasteiger partial charge in [0.2, 0.25) is 0 Å². The molecule has 1 aliphatic rings. The fourth-order valence-corrected chi connectivity index (χ4v) is 3.30. The molecule has 4 heteroatoms. The smallest absolute Gasteiger partial charge is 0.123 e. The van der Waals surface area contributed by atoms with Crippen LogP contribution in [0.15, 0.2) is 18.2 Å². The van der Waals surface area contributed by atoms with E-state index in [1.807, 2.05) is 13.0 Å². The van der Waals surface area contributed by atoms with Crippen LogP contribution in [0.1, 0.15) is 30.5 Å². The van der Waals surface area contributed by atoms with Crippen molar-refractivity contribution in [2.45, 2.75) is 31.8 Å². The Labute approximate surface area is 104 Å². The van der Waals surface area contributed by atoms with Crippen LogP contribution in [0, 0.1) is 5.82 Å². The van der Waals surface area contributed by atoms with Crippen molar-refractivity contribution in [3.05, 3.63) is 35.1 Å². The van der Waals surface area contributed by atoms with Crippen LogP contribution in [-0.4, -0.2) is 22.3 Å². The molecule has 2 nitrogen and oxygen atoms in total. The van der Waals surface area contributed by atoms with Crippen LogP contribution >= 0.6 is 0 Å². The molecule has 2 rings (SSSR count). The summed E-state index contributed by atoms with van der Waals surface area (Å²) >= 11 is 0. The summed E-state index contributed by atoms with van der Waals surface area (Å²) in [6.45, 7) is 2.04. The molecule has 17 heavy (non-hydrogen) atoms. The molecule has 1 N–H and O–H groups in total. The van der Waals surface area contributed by atoms with Gasteiger partial charge in [-0.05, 0) is 43.0 Å². The van der Waals surface area contributed by atoms with Gasteiger partial charge in [-0.3, -0.25) is 4.21 Å². The molecule has 0 saturated heterocycles. The van der Waals surface area contributed by atoms with E-state index in [1.165, 1.54) is 11.6 Å². The summed E-state index contributed by atoms with van der Waals surface area (Å²) in [4.78, 5) is 0. The van der Waals surface area contributed by atoms with Crippen LogP contribution in [0.5, 0.6) is 0 Å². The maximum absolute atomic E-state index is 13.1. The van der Waals surface area contributed by atoms with Crippen molar-refractivity contribution in [1.29, 1.82) is 0 Å². The normalized spacial score (nSPS) is 22.2. The first kappa shape index (κ1) is 12.7. The molecule has 0 saturated carbocycles. The van der Waals surface area contributed by atoms with Gasteiger partial charge in [-0.25, -0.2) is 4.39 Å². The lowest BCUT2D eigenvalue weighted by atomic mass is 10.1. The molecule has 0 radical (unpaired) electrons. The van der Waals surface area contributed by atoms with Crippen LogP contribution in [0.2, 0.25) is 0 Å². The Bertz CT molecular complexity index is 435. The van der Waals surface area contributed by atoms with Gasteiger partial charge in [0.25, 0.3) is 0 Å². The van der Waals surface area contributed by atoms with E-state index < -0.39 is 10.8 Å². The molecule has 0 spiro atoms. The number of hydrogen-bond donors (Lipinski definition) is 1. The van der Waals surface area contributed by atoms with E-state index in [9.17, 15) is 8.60 Å². The van der Waals surface area contributed by atoms with Crippen molar-refractivity contribution in [3.63, 3.8) is 0 Å². The maximum Gasteiger partial charge on any atom is 0.123 e. The topological polar surface area (TPSA) is 29.1 Å². The van der Waals surface area contributed by atoms with Crippen molar-refractivity contribution in [2.24, 2.45) is 0 Å². The van der Waals surface area contributed by atoms with Gasteiger partial charge in [0, 0.05) is 34.9 Å². The van der Waals surface area contributed by atoms with Crippen molar-refractivity contribution >= 4 is 10.8 Å². The molecule has 0 heterocycles. The minimum atomic E-state index is -0.780. The third-order valence-corrected chi connectivity index (χ3v) is 4.12. The quantitative estimate of drug-likeness (QED) is 0.893. The first-order chi connectivity index (χ1) is 8.06. The number of aryl methyl sites for hydroxylation is 1. The van der Waals surface area contributed by atoms with Gasteiger partial charge in [0.05, 0.1) is 0 Å². The number of rotatable bonds is 4. The Morgan fingerprint density at radius 1 is 1.59 bits per heavy atom. The predicted octanol–water partition coefficient (Wildman–Crippen LogP) is 2.17. The average molecular weight is 255 g/mol. The Morgan fingerprint density at radius 2 is 2.35 bits per heavy atom. The molecule has 1 aromatic rings. The maximum atomic E-state index is 13.1. The summed E-state index contributed by atoms with van der Waals surface area (Å²) in [5.74, 6) is 0.500. The average Bonchev–Trinajstić information content (AvgIpc) is 2.59. The second kappa shape index (κ2) is 5.27. The summed E-state index contributed by atoms with van der Waals surface area (Å²) in [7, 11) is -0.780. The van der Waals surface area contributed by atoms with E-state index in [1.54, 1.807) is 12.3 Å². The fraction of sp³-hybridized carbons (Fsp3) is 0.538. The second-order valence-electron chi connectivity index (χ2n) is 4.74. The molecule has 0 aromatic heterocycles. The Kier molecular flexibility index (Phi) is 3.94. The third-order valence-electron chi connectivity index (χ3n) is 3.15. The SMILES string of the molecule is CC(CS(C)=O)NC1CCc2cc(F)ccc21. The lowest BCUT2D eigenvalue weighted by molar-refractivity contribution is 0.477. The highest BCUT2D eigenvalue weighted by molar-refractivity contribution is 7.84. The van der Waals surface area contributed by atoms with Crippen LogP contribution in [0.25, 0.3) is 0 Å². The van der Waals surface area contributed by atoms with Crippen LogP contribution < -0.4 is 5.32 Å². The highest BCUT2D eigenvalue weighted by Gasteiger charge is 2.23. The van der Waals surface area contributed by atoms with Gasteiger partial charge in [0.1, 0.15) is 5.82 Å². The minimum absolute atomic E-state index is 0.160. The minimum Gasteiger partial charge on any atom is -0.307 e. The lowest BCUT2D eigenvalue weighted by Gasteiger charge is -2.19. The molecular weight excluding hydrogens is 237 g/mol. The summed E-state index contributed by atoms with van der Waals surface area (Å²) in [5, 5.41) is 3.47. The highest BCUT2D eigenvalue weighted by atomic mass is 32.2. The standard InChI is InChI=1S/C13H18FNOS/c1-9(8-17(2)16)15-13-6-3-10-7-11(14)4-5-12(10)13/h4-5,7,9,13,15H,3,6,8H2,1-2H3. The summed E-state index contributed by atoms with van der Waals surface area (Å²) in [6.07, 6.45) is 3.64. The predicted molar refractivity (Wildman–Crippen MR) is 69.0 cm³/mol. The lowest BCUT2D eigenvalue weighted by Crippen LogP contribution is -2.33. The van der Waals surface area contributed by atoms with Crippen LogP contribution in [0.4, 0.5) is 4.39 Å². The summed E-state index contributed by atoms with van der Waals surface area (Å²) in [6, 6.07) is 5.51. The summed E-state index contributed by atoms with van der Waals surface area (Å²) < 4.78 is 24.2. The van der Waals surface area contributed by atoms with E-state index in [2.05, 4.69) is 5.32 Å². The van der Waals surface area contributed by atoms with Gasteiger partial charge >= 0.3 is 0 Å². The summed E-state index contributed by atoms with van der Waals surface area (Å²) in [5.41, 5.74) is 2.30. The highest BCUT2D eigenvalue weighted by Crippen LogP contribution is 2.31. The molecule has 1 aliphatic carbocycles. The molecule has 0 bridgehead atoms. The monoisotopic (exact) mass is 255 g/mol. The molecule has 3 atom stereocenters. The zero-order chi connectivity index (χ0) is 12.4. The Balaban J connectivity index is 2.04. The molecule has 94 valence electrons. The number of halogens is 1. The van der Waals surface area contributed by atoms with Gasteiger partial charge in [-0.15, -0.1) is 0 Å². The van der Waals surface area contributed by atoms with E-state index in [-0.39, 0.29) is 17.9 Å². The van der Waals surface area contributed by atoms with E-state index >= 15 is 0 Å². The van der Waals surface area contributed by atoms with Gasteiger partial charge in [-0.2, -0.15) is 0 Å². The van der Waals surface area contributed by atoms with E-state index in [0.717, 1.165) is 18.4 Å². The number of benzene rings is 1. The number of nitrogens with one attached hydrogen (secondary N) is 1. The molecule has 1 aromatic carbocycles. The number of fused-ring (bicyclic) bond motifs is 1. The van der Waals surface area contributed by atoms with Gasteiger partial charge in [0.15, 0.2) is 0 Å². The van der Waals surface area contributed by atoms with Crippen molar-refractivity contribution in [1.82, 2.24) is 5.32 Å². The van der Waals surface area contributed by atoms with Crippen molar-refractivity contribution in [3.8, 4) is 0 Å². The molecule has 0 aliphatic heterocycles. The van der Waals surface area contributed by atoms with Crippen molar-refractivity contribution in [2.75, 3.05) is 12.0 Å². The number of hydrogen-bond acceptors (Lipinski definition) is 2. The van der Waals surface area contributed by atoms with E-state index in [0.29, 0.717) is 5.75 Å². The van der Waals surface area contributed by atoms with Gasteiger partial charge in [-0.1, -0.05) is 6.07 Å². The third kappa shape index (κ3) is 3.13. The van der Waals surface area contributed by atoms with Crippen molar-refractivity contribution < 1.29 is 8.60 Å². The fourth-order valence-electron chi connectivity index (χ4n) is 2.50. The van der Waals surface area contributed by atoms with Crippen LogP contribution in [-0.2, 0) is 17.2 Å². The molecule has 0 fully saturated rings. The Hall–Kier alpha value is -0.740. The molecular formula is C13H18FNOS. The Morgan fingerprint density at radius 3 is 3.06 bits per heavy atom. The first-order valence-corrected chi connectivity index (χ1v) is 7.63. The van der Waals surface area contributed by atoms with Gasteiger partial charge < -0.3 is 5.32 Å². The molecule has 3 unspecified atom stereocenters. The first-order valence-electron chi connectivity index (χ1n) is 5.90. The zero-order valence-electron chi connectivity index (χ0n) is 10.2. The van der Waals surface area contributed by atoms with Crippen LogP contribution in [0.3, 0.4) is 0 Å². The second-order valence-corrected chi connectivity index (χ2v) is 6.22. The molecule has 0 amide bonds.